The Morgan fingerprint density at radius 3 is 2.82 bits per heavy atom. The molecule has 0 saturated carbocycles. The number of hydrogen-bond donors (Lipinski definition) is 1. The molecule has 0 amide bonds. The van der Waals surface area contributed by atoms with Crippen molar-refractivity contribution in [2.24, 2.45) is 0 Å². The van der Waals surface area contributed by atoms with Crippen LogP contribution in [0.25, 0.3) is 0 Å². The van der Waals surface area contributed by atoms with Gasteiger partial charge in [-0.1, -0.05) is 6.92 Å². The molecule has 0 fully saturated rings. The van der Waals surface area contributed by atoms with E-state index < -0.39 is 11.0 Å². The number of ether oxygens (including phenoxy) is 2. The van der Waals surface area contributed by atoms with Crippen LogP contribution in [0.1, 0.15) is 19.8 Å². The summed E-state index contributed by atoms with van der Waals surface area (Å²) >= 11 is 0. The summed E-state index contributed by atoms with van der Waals surface area (Å²) in [7, 11) is -1.17. The van der Waals surface area contributed by atoms with Crippen LogP contribution < -0.4 is 14.2 Å². The fourth-order valence-corrected chi connectivity index (χ4v) is 2.50. The van der Waals surface area contributed by atoms with Crippen molar-refractivity contribution in [3.05, 3.63) is 18.2 Å². The Morgan fingerprint density at radius 1 is 1.29 bits per heavy atom. The fraction of sp³-hybridized carbons (Fsp3) is 0.500. The molecule has 1 N–H and O–H groups in total. The molecule has 1 aliphatic rings. The molecule has 1 aromatic rings. The van der Waals surface area contributed by atoms with Crippen molar-refractivity contribution in [1.29, 1.82) is 0 Å². The highest BCUT2D eigenvalue weighted by atomic mass is 32.2. The number of fused-ring (bicyclic) bond motifs is 1. The summed E-state index contributed by atoms with van der Waals surface area (Å²) < 4.78 is 25.9. The Bertz CT molecular complexity index is 409. The molecular formula is C12H17NO3S. The largest absolute Gasteiger partial charge is 0.490 e. The smallest absolute Gasteiger partial charge is 0.162 e. The second-order valence-electron chi connectivity index (χ2n) is 3.82. The van der Waals surface area contributed by atoms with Gasteiger partial charge >= 0.3 is 0 Å². The zero-order valence-corrected chi connectivity index (χ0v) is 10.7. The Hall–Kier alpha value is -1.07. The van der Waals surface area contributed by atoms with E-state index in [-0.39, 0.29) is 0 Å². The third kappa shape index (κ3) is 3.20. The summed E-state index contributed by atoms with van der Waals surface area (Å²) in [6, 6.07) is 5.42. The van der Waals surface area contributed by atoms with E-state index >= 15 is 0 Å². The molecule has 1 aromatic carbocycles. The molecule has 2 rings (SSSR count). The quantitative estimate of drug-likeness (QED) is 0.893. The number of hydrogen-bond acceptors (Lipinski definition) is 3. The fourth-order valence-electron chi connectivity index (χ4n) is 1.54. The summed E-state index contributed by atoms with van der Waals surface area (Å²) in [6.45, 7) is 4.09. The van der Waals surface area contributed by atoms with Crippen molar-refractivity contribution < 1.29 is 13.7 Å². The summed E-state index contributed by atoms with van der Waals surface area (Å²) in [5, 5.41) is 0. The summed E-state index contributed by atoms with van der Waals surface area (Å²) in [5.41, 5.74) is 0. The average Bonchev–Trinajstić information content (AvgIpc) is 2.60. The van der Waals surface area contributed by atoms with E-state index in [1.165, 1.54) is 0 Å². The van der Waals surface area contributed by atoms with Gasteiger partial charge in [0, 0.05) is 19.0 Å². The van der Waals surface area contributed by atoms with Crippen LogP contribution in [0.2, 0.25) is 0 Å². The molecule has 1 unspecified atom stereocenters. The van der Waals surface area contributed by atoms with Crippen LogP contribution in [0.15, 0.2) is 23.1 Å². The molecule has 94 valence electrons. The van der Waals surface area contributed by atoms with Gasteiger partial charge in [-0.2, -0.15) is 0 Å². The summed E-state index contributed by atoms with van der Waals surface area (Å²) in [6.07, 6.45) is 1.83. The maximum atomic E-state index is 11.9. The first kappa shape index (κ1) is 12.4. The lowest BCUT2D eigenvalue weighted by Gasteiger charge is -2.09. The van der Waals surface area contributed by atoms with Crippen LogP contribution in [0.5, 0.6) is 11.5 Å². The molecule has 0 aliphatic carbocycles. The van der Waals surface area contributed by atoms with Crippen LogP contribution in [0.4, 0.5) is 0 Å². The van der Waals surface area contributed by atoms with Gasteiger partial charge in [0.25, 0.3) is 0 Å². The topological polar surface area (TPSA) is 47.6 Å². The second kappa shape index (κ2) is 6.02. The lowest BCUT2D eigenvalue weighted by atomic mass is 10.3. The molecule has 0 bridgehead atoms. The number of benzene rings is 1. The molecule has 5 heteroatoms. The minimum Gasteiger partial charge on any atom is -0.490 e. The van der Waals surface area contributed by atoms with Gasteiger partial charge in [-0.15, -0.1) is 0 Å². The second-order valence-corrected chi connectivity index (χ2v) is 5.12. The molecular weight excluding hydrogens is 238 g/mol. The monoisotopic (exact) mass is 255 g/mol. The first-order valence-corrected chi connectivity index (χ1v) is 7.01. The lowest BCUT2D eigenvalue weighted by molar-refractivity contribution is 0.297. The van der Waals surface area contributed by atoms with Gasteiger partial charge in [0.05, 0.1) is 18.1 Å². The molecule has 1 heterocycles. The summed E-state index contributed by atoms with van der Waals surface area (Å²) in [5.74, 6) is 1.42. The highest BCUT2D eigenvalue weighted by molar-refractivity contribution is 7.83. The standard InChI is InChI=1S/C12H17NO3S/c1-2-6-13-17(14)10-4-5-11-12(9-10)16-8-3-7-15-11/h4-5,9,13H,2-3,6-8H2,1H3. The molecule has 0 radical (unpaired) electrons. The van der Waals surface area contributed by atoms with Crippen molar-refractivity contribution in [2.75, 3.05) is 19.8 Å². The van der Waals surface area contributed by atoms with E-state index in [0.717, 1.165) is 30.0 Å². The Balaban J connectivity index is 2.14. The Morgan fingerprint density at radius 2 is 2.06 bits per heavy atom. The Labute approximate surface area is 104 Å². The van der Waals surface area contributed by atoms with E-state index in [4.69, 9.17) is 9.47 Å². The van der Waals surface area contributed by atoms with Gasteiger partial charge in [-0.3, -0.25) is 0 Å². The van der Waals surface area contributed by atoms with Crippen molar-refractivity contribution in [1.82, 2.24) is 4.72 Å². The van der Waals surface area contributed by atoms with Gasteiger partial charge in [-0.25, -0.2) is 8.93 Å². The molecule has 0 saturated heterocycles. The maximum absolute atomic E-state index is 11.9. The summed E-state index contributed by atoms with van der Waals surface area (Å²) in [4.78, 5) is 0.725. The number of rotatable bonds is 4. The molecule has 4 nitrogen and oxygen atoms in total. The average molecular weight is 255 g/mol. The molecule has 0 aromatic heterocycles. The van der Waals surface area contributed by atoms with Crippen LogP contribution in [0, 0.1) is 0 Å². The zero-order chi connectivity index (χ0) is 12.1. The first-order chi connectivity index (χ1) is 8.31. The van der Waals surface area contributed by atoms with E-state index in [9.17, 15) is 4.21 Å². The third-order valence-electron chi connectivity index (χ3n) is 2.42. The van der Waals surface area contributed by atoms with Crippen molar-refractivity contribution in [3.8, 4) is 11.5 Å². The van der Waals surface area contributed by atoms with Gasteiger partial charge < -0.3 is 9.47 Å². The number of nitrogens with one attached hydrogen (secondary N) is 1. The highest BCUT2D eigenvalue weighted by Crippen LogP contribution is 2.31. The van der Waals surface area contributed by atoms with Gasteiger partial charge in [0.1, 0.15) is 11.0 Å². The molecule has 1 atom stereocenters. The van der Waals surface area contributed by atoms with Crippen LogP contribution >= 0.6 is 0 Å². The minimum absolute atomic E-state index is 0.644. The predicted octanol–water partition coefficient (Wildman–Crippen LogP) is 1.87. The van der Waals surface area contributed by atoms with Crippen molar-refractivity contribution in [2.45, 2.75) is 24.7 Å². The molecule has 0 spiro atoms. The SMILES string of the molecule is CCCNS(=O)c1ccc2c(c1)OCCCO2. The Kier molecular flexibility index (Phi) is 4.39. The lowest BCUT2D eigenvalue weighted by Crippen LogP contribution is -2.17. The highest BCUT2D eigenvalue weighted by Gasteiger charge is 2.12. The van der Waals surface area contributed by atoms with Gasteiger partial charge in [-0.05, 0) is 18.6 Å². The van der Waals surface area contributed by atoms with Crippen molar-refractivity contribution in [3.63, 3.8) is 0 Å². The molecule has 1 aliphatic heterocycles. The first-order valence-electron chi connectivity index (χ1n) is 5.86. The maximum Gasteiger partial charge on any atom is 0.162 e. The third-order valence-corrected chi connectivity index (χ3v) is 3.56. The van der Waals surface area contributed by atoms with E-state index in [1.54, 1.807) is 6.07 Å². The normalized spacial score (nSPS) is 16.3. The van der Waals surface area contributed by atoms with Crippen LogP contribution in [0.3, 0.4) is 0 Å². The van der Waals surface area contributed by atoms with Crippen LogP contribution in [-0.4, -0.2) is 24.0 Å². The van der Waals surface area contributed by atoms with Crippen molar-refractivity contribution >= 4 is 11.0 Å². The van der Waals surface area contributed by atoms with E-state index in [2.05, 4.69) is 4.72 Å². The van der Waals surface area contributed by atoms with E-state index in [1.807, 2.05) is 19.1 Å². The van der Waals surface area contributed by atoms with Crippen LogP contribution in [-0.2, 0) is 11.0 Å². The van der Waals surface area contributed by atoms with Gasteiger partial charge in [0.2, 0.25) is 0 Å². The zero-order valence-electron chi connectivity index (χ0n) is 9.90. The predicted molar refractivity (Wildman–Crippen MR) is 66.8 cm³/mol. The van der Waals surface area contributed by atoms with E-state index in [0.29, 0.717) is 19.0 Å². The minimum atomic E-state index is -1.17. The van der Waals surface area contributed by atoms with Gasteiger partial charge in [0.15, 0.2) is 11.5 Å². The molecule has 17 heavy (non-hydrogen) atoms.